The van der Waals surface area contributed by atoms with Gasteiger partial charge in [0.1, 0.15) is 11.5 Å². The number of rotatable bonds is 4. The van der Waals surface area contributed by atoms with Gasteiger partial charge in [-0.2, -0.15) is 0 Å². The fourth-order valence-electron chi connectivity index (χ4n) is 2.62. The van der Waals surface area contributed by atoms with Crippen LogP contribution in [0.25, 0.3) is 5.57 Å². The Kier molecular flexibility index (Phi) is 4.80. The molecule has 0 bridgehead atoms. The molecule has 1 heterocycles. The first-order valence-electron chi connectivity index (χ1n) is 7.38. The predicted octanol–water partition coefficient (Wildman–Crippen LogP) is 3.85. The number of carbonyl (C=O) groups excluding carboxylic acids is 2. The Hall–Kier alpha value is -2.70. The third-order valence-electron chi connectivity index (χ3n) is 3.90. The number of benzene rings is 2. The Labute approximate surface area is 159 Å². The van der Waals surface area contributed by atoms with Crippen LogP contribution in [0.4, 0.5) is 5.69 Å². The number of aliphatic hydroxyl groups is 1. The Morgan fingerprint density at radius 1 is 0.923 bits per heavy atom. The standard InChI is InChI=1S/C18H13Cl2NO5/c1-25-10-4-5-11(14(8-10)26-2)15-16(22)18(24)21(17(15)23)9-3-6-12(19)13(20)7-9/h3-8,22H,1-2H3. The van der Waals surface area contributed by atoms with Crippen LogP contribution in [0.2, 0.25) is 10.0 Å². The van der Waals surface area contributed by atoms with E-state index in [4.69, 9.17) is 32.7 Å². The quantitative estimate of drug-likeness (QED) is 0.798. The summed E-state index contributed by atoms with van der Waals surface area (Å²) in [7, 11) is 2.90. The minimum atomic E-state index is -0.860. The summed E-state index contributed by atoms with van der Waals surface area (Å²) in [5.41, 5.74) is 0.302. The second kappa shape index (κ2) is 6.90. The van der Waals surface area contributed by atoms with E-state index >= 15 is 0 Å². The van der Waals surface area contributed by atoms with Crippen molar-refractivity contribution in [2.75, 3.05) is 19.1 Å². The monoisotopic (exact) mass is 393 g/mol. The van der Waals surface area contributed by atoms with Gasteiger partial charge in [-0.15, -0.1) is 0 Å². The third kappa shape index (κ3) is 2.87. The number of anilines is 1. The molecule has 0 saturated heterocycles. The SMILES string of the molecule is COc1ccc(C2=C(O)C(=O)N(c3ccc(Cl)c(Cl)c3)C2=O)c(OC)c1. The first-order chi connectivity index (χ1) is 12.4. The molecule has 1 N–H and O–H groups in total. The van der Waals surface area contributed by atoms with Gasteiger partial charge in [0.25, 0.3) is 5.91 Å². The van der Waals surface area contributed by atoms with Crippen molar-refractivity contribution in [3.8, 4) is 11.5 Å². The van der Waals surface area contributed by atoms with Crippen molar-refractivity contribution < 1.29 is 24.2 Å². The minimum Gasteiger partial charge on any atom is -0.502 e. The van der Waals surface area contributed by atoms with E-state index in [9.17, 15) is 14.7 Å². The Morgan fingerprint density at radius 3 is 2.27 bits per heavy atom. The molecule has 3 rings (SSSR count). The molecule has 0 unspecified atom stereocenters. The molecule has 2 aromatic rings. The molecule has 0 saturated carbocycles. The zero-order valence-electron chi connectivity index (χ0n) is 13.7. The molecule has 0 atom stereocenters. The maximum absolute atomic E-state index is 12.9. The lowest BCUT2D eigenvalue weighted by molar-refractivity contribution is -0.121. The van der Waals surface area contributed by atoms with Crippen LogP contribution in [0.1, 0.15) is 5.56 Å². The molecule has 6 nitrogen and oxygen atoms in total. The summed E-state index contributed by atoms with van der Waals surface area (Å²) in [6.45, 7) is 0. The number of imide groups is 1. The normalized spacial score (nSPS) is 14.2. The maximum Gasteiger partial charge on any atom is 0.301 e. The van der Waals surface area contributed by atoms with E-state index in [0.717, 1.165) is 4.90 Å². The first-order valence-corrected chi connectivity index (χ1v) is 8.14. The Bertz CT molecular complexity index is 955. The maximum atomic E-state index is 12.9. The van der Waals surface area contributed by atoms with Crippen molar-refractivity contribution in [2.45, 2.75) is 0 Å². The summed E-state index contributed by atoms with van der Waals surface area (Å²) >= 11 is 11.8. The highest BCUT2D eigenvalue weighted by molar-refractivity contribution is 6.46. The van der Waals surface area contributed by atoms with Crippen LogP contribution in [-0.4, -0.2) is 31.1 Å². The van der Waals surface area contributed by atoms with Crippen molar-refractivity contribution in [3.63, 3.8) is 0 Å². The van der Waals surface area contributed by atoms with E-state index in [1.54, 1.807) is 12.1 Å². The molecule has 0 radical (unpaired) electrons. The van der Waals surface area contributed by atoms with Crippen LogP contribution in [0.3, 0.4) is 0 Å². The van der Waals surface area contributed by atoms with Gasteiger partial charge in [-0.05, 0) is 30.3 Å². The van der Waals surface area contributed by atoms with Crippen molar-refractivity contribution in [2.24, 2.45) is 0 Å². The fraction of sp³-hybridized carbons (Fsp3) is 0.111. The van der Waals surface area contributed by atoms with Gasteiger partial charge in [-0.1, -0.05) is 23.2 Å². The molecule has 0 aromatic heterocycles. The van der Waals surface area contributed by atoms with Crippen LogP contribution in [0, 0.1) is 0 Å². The van der Waals surface area contributed by atoms with Gasteiger partial charge in [-0.3, -0.25) is 9.59 Å². The molecule has 1 aliphatic heterocycles. The van der Waals surface area contributed by atoms with E-state index in [1.165, 1.54) is 38.5 Å². The van der Waals surface area contributed by atoms with Gasteiger partial charge in [0, 0.05) is 11.6 Å². The second-order valence-corrected chi connectivity index (χ2v) is 6.15. The molecular formula is C18H13Cl2NO5. The number of hydrogen-bond donors (Lipinski definition) is 1. The van der Waals surface area contributed by atoms with Gasteiger partial charge in [-0.25, -0.2) is 4.90 Å². The highest BCUT2D eigenvalue weighted by Crippen LogP contribution is 2.38. The van der Waals surface area contributed by atoms with Crippen LogP contribution in [0.15, 0.2) is 42.2 Å². The topological polar surface area (TPSA) is 76.1 Å². The van der Waals surface area contributed by atoms with E-state index < -0.39 is 17.6 Å². The lowest BCUT2D eigenvalue weighted by atomic mass is 10.0. The molecular weight excluding hydrogens is 381 g/mol. The van der Waals surface area contributed by atoms with Crippen LogP contribution in [-0.2, 0) is 9.59 Å². The number of nitrogens with zero attached hydrogens (tertiary/aromatic N) is 1. The van der Waals surface area contributed by atoms with Gasteiger partial charge >= 0.3 is 5.91 Å². The molecule has 2 aromatic carbocycles. The van der Waals surface area contributed by atoms with Gasteiger partial charge in [0.05, 0.1) is 35.5 Å². The van der Waals surface area contributed by atoms with E-state index in [-0.39, 0.29) is 32.6 Å². The molecule has 2 amide bonds. The third-order valence-corrected chi connectivity index (χ3v) is 4.64. The Balaban J connectivity index is 2.08. The number of hydrogen-bond acceptors (Lipinski definition) is 5. The number of aliphatic hydroxyl groups excluding tert-OH is 1. The molecule has 0 fully saturated rings. The number of methoxy groups -OCH3 is 2. The number of amides is 2. The predicted molar refractivity (Wildman–Crippen MR) is 98.0 cm³/mol. The van der Waals surface area contributed by atoms with Crippen molar-refractivity contribution in [1.29, 1.82) is 0 Å². The summed E-state index contributed by atoms with van der Waals surface area (Å²) in [5.74, 6) is -1.45. The Morgan fingerprint density at radius 2 is 1.65 bits per heavy atom. The lowest BCUT2D eigenvalue weighted by Crippen LogP contribution is -2.31. The largest absolute Gasteiger partial charge is 0.502 e. The van der Waals surface area contributed by atoms with Crippen molar-refractivity contribution in [3.05, 3.63) is 57.8 Å². The molecule has 1 aliphatic rings. The number of ether oxygens (including phenoxy) is 2. The minimum absolute atomic E-state index is 0.166. The summed E-state index contributed by atoms with van der Waals surface area (Å²) in [6.07, 6.45) is 0. The number of carbonyl (C=O) groups is 2. The summed E-state index contributed by atoms with van der Waals surface area (Å²) in [4.78, 5) is 26.2. The second-order valence-electron chi connectivity index (χ2n) is 5.33. The first kappa shape index (κ1) is 18.1. The fourth-order valence-corrected chi connectivity index (χ4v) is 2.92. The van der Waals surface area contributed by atoms with E-state index in [2.05, 4.69) is 0 Å². The molecule has 0 spiro atoms. The highest BCUT2D eigenvalue weighted by atomic mass is 35.5. The molecule has 8 heteroatoms. The number of halogens is 2. The van der Waals surface area contributed by atoms with E-state index in [1.807, 2.05) is 0 Å². The zero-order valence-corrected chi connectivity index (χ0v) is 15.3. The zero-order chi connectivity index (χ0) is 19.0. The van der Waals surface area contributed by atoms with Crippen LogP contribution in [0.5, 0.6) is 11.5 Å². The lowest BCUT2D eigenvalue weighted by Gasteiger charge is -2.16. The van der Waals surface area contributed by atoms with Gasteiger partial charge in [0.15, 0.2) is 5.76 Å². The average Bonchev–Trinajstić information content (AvgIpc) is 2.86. The molecule has 26 heavy (non-hydrogen) atoms. The van der Waals surface area contributed by atoms with Crippen molar-refractivity contribution >= 4 is 46.3 Å². The smallest absolute Gasteiger partial charge is 0.301 e. The van der Waals surface area contributed by atoms with Crippen molar-refractivity contribution in [1.82, 2.24) is 0 Å². The molecule has 134 valence electrons. The summed E-state index contributed by atoms with van der Waals surface area (Å²) in [5, 5.41) is 10.8. The average molecular weight is 394 g/mol. The van der Waals surface area contributed by atoms with Gasteiger partial charge in [0.2, 0.25) is 0 Å². The summed E-state index contributed by atoms with van der Waals surface area (Å²) in [6, 6.07) is 8.98. The molecule has 0 aliphatic carbocycles. The highest BCUT2D eigenvalue weighted by Gasteiger charge is 2.41. The van der Waals surface area contributed by atoms with Crippen LogP contribution < -0.4 is 14.4 Å². The van der Waals surface area contributed by atoms with E-state index in [0.29, 0.717) is 5.75 Å². The van der Waals surface area contributed by atoms with Gasteiger partial charge < -0.3 is 14.6 Å². The summed E-state index contributed by atoms with van der Waals surface area (Å²) < 4.78 is 10.4. The van der Waals surface area contributed by atoms with Crippen LogP contribution >= 0.6 is 23.2 Å².